The standard InChI is InChI=1S/C17H19N3O2/c1-13-4-5-15(20-7-9-22-10-8-20)11-16(13)19-17(21)14-3-2-6-18-12-14/h2-6,11-12H,7-10H2,1H3,(H,19,21). The zero-order chi connectivity index (χ0) is 15.4. The van der Waals surface area contributed by atoms with E-state index in [1.165, 1.54) is 0 Å². The van der Waals surface area contributed by atoms with E-state index in [1.54, 1.807) is 24.5 Å². The van der Waals surface area contributed by atoms with Crippen molar-refractivity contribution in [2.75, 3.05) is 36.5 Å². The maximum absolute atomic E-state index is 12.3. The predicted molar refractivity (Wildman–Crippen MR) is 86.4 cm³/mol. The van der Waals surface area contributed by atoms with Gasteiger partial charge in [-0.25, -0.2) is 0 Å². The van der Waals surface area contributed by atoms with Crippen molar-refractivity contribution in [3.63, 3.8) is 0 Å². The Hall–Kier alpha value is -2.40. The third-order valence-corrected chi connectivity index (χ3v) is 3.77. The Morgan fingerprint density at radius 3 is 2.82 bits per heavy atom. The molecule has 3 rings (SSSR count). The minimum atomic E-state index is -0.143. The van der Waals surface area contributed by atoms with E-state index < -0.39 is 0 Å². The largest absolute Gasteiger partial charge is 0.378 e. The van der Waals surface area contributed by atoms with Gasteiger partial charge in [0.2, 0.25) is 0 Å². The fraction of sp³-hybridized carbons (Fsp3) is 0.294. The van der Waals surface area contributed by atoms with Crippen molar-refractivity contribution in [2.45, 2.75) is 6.92 Å². The number of pyridine rings is 1. The Kier molecular flexibility index (Phi) is 4.34. The molecule has 0 atom stereocenters. The molecule has 22 heavy (non-hydrogen) atoms. The van der Waals surface area contributed by atoms with Crippen LogP contribution in [0.15, 0.2) is 42.7 Å². The average Bonchev–Trinajstić information content (AvgIpc) is 2.58. The van der Waals surface area contributed by atoms with Crippen molar-refractivity contribution in [2.24, 2.45) is 0 Å². The van der Waals surface area contributed by atoms with Crippen LogP contribution in [0.25, 0.3) is 0 Å². The van der Waals surface area contributed by atoms with Crippen molar-refractivity contribution >= 4 is 17.3 Å². The van der Waals surface area contributed by atoms with Crippen LogP contribution in [0.2, 0.25) is 0 Å². The monoisotopic (exact) mass is 297 g/mol. The lowest BCUT2D eigenvalue weighted by atomic mass is 10.1. The normalized spacial score (nSPS) is 14.7. The third kappa shape index (κ3) is 3.26. The molecule has 2 aromatic rings. The maximum Gasteiger partial charge on any atom is 0.257 e. The minimum Gasteiger partial charge on any atom is -0.378 e. The number of aromatic nitrogens is 1. The van der Waals surface area contributed by atoms with Gasteiger partial charge < -0.3 is 15.0 Å². The molecule has 1 amide bonds. The van der Waals surface area contributed by atoms with E-state index in [2.05, 4.69) is 21.3 Å². The topological polar surface area (TPSA) is 54.5 Å². The number of ether oxygens (including phenoxy) is 1. The number of carbonyl (C=O) groups is 1. The molecule has 114 valence electrons. The van der Waals surface area contributed by atoms with E-state index in [9.17, 15) is 4.79 Å². The molecule has 1 N–H and O–H groups in total. The first-order valence-electron chi connectivity index (χ1n) is 7.39. The molecular weight excluding hydrogens is 278 g/mol. The number of aryl methyl sites for hydroxylation is 1. The Bertz CT molecular complexity index is 652. The van der Waals surface area contributed by atoms with Gasteiger partial charge in [-0.15, -0.1) is 0 Å². The summed E-state index contributed by atoms with van der Waals surface area (Å²) in [5, 5.41) is 2.97. The molecule has 5 nitrogen and oxygen atoms in total. The molecule has 0 aliphatic carbocycles. The molecule has 0 radical (unpaired) electrons. The van der Waals surface area contributed by atoms with Crippen LogP contribution in [0.3, 0.4) is 0 Å². The second-order valence-electron chi connectivity index (χ2n) is 5.29. The van der Waals surface area contributed by atoms with Crippen LogP contribution in [0.5, 0.6) is 0 Å². The Morgan fingerprint density at radius 1 is 1.27 bits per heavy atom. The third-order valence-electron chi connectivity index (χ3n) is 3.77. The van der Waals surface area contributed by atoms with Crippen LogP contribution in [-0.2, 0) is 4.74 Å². The van der Waals surface area contributed by atoms with Crippen molar-refractivity contribution in [1.29, 1.82) is 0 Å². The van der Waals surface area contributed by atoms with Gasteiger partial charge in [-0.3, -0.25) is 9.78 Å². The van der Waals surface area contributed by atoms with E-state index in [-0.39, 0.29) is 5.91 Å². The number of hydrogen-bond acceptors (Lipinski definition) is 4. The van der Waals surface area contributed by atoms with E-state index in [0.29, 0.717) is 5.56 Å². The summed E-state index contributed by atoms with van der Waals surface area (Å²) in [6.45, 7) is 5.22. The predicted octanol–water partition coefficient (Wildman–Crippen LogP) is 2.48. The molecule has 1 saturated heterocycles. The molecule has 0 saturated carbocycles. The average molecular weight is 297 g/mol. The number of amides is 1. The van der Waals surface area contributed by atoms with Crippen molar-refractivity contribution < 1.29 is 9.53 Å². The second-order valence-corrected chi connectivity index (χ2v) is 5.29. The van der Waals surface area contributed by atoms with Crippen LogP contribution in [0, 0.1) is 6.92 Å². The van der Waals surface area contributed by atoms with Crippen molar-refractivity contribution in [1.82, 2.24) is 4.98 Å². The molecule has 2 heterocycles. The molecule has 1 aromatic carbocycles. The van der Waals surface area contributed by atoms with Gasteiger partial charge in [0.1, 0.15) is 0 Å². The molecule has 1 fully saturated rings. The lowest BCUT2D eigenvalue weighted by Gasteiger charge is -2.29. The number of nitrogens with one attached hydrogen (secondary N) is 1. The SMILES string of the molecule is Cc1ccc(N2CCOCC2)cc1NC(=O)c1cccnc1. The fourth-order valence-electron chi connectivity index (χ4n) is 2.45. The van der Waals surface area contributed by atoms with Gasteiger partial charge in [-0.2, -0.15) is 0 Å². The maximum atomic E-state index is 12.3. The van der Waals surface area contributed by atoms with Crippen LogP contribution < -0.4 is 10.2 Å². The number of rotatable bonds is 3. The molecule has 1 aliphatic rings. The fourth-order valence-corrected chi connectivity index (χ4v) is 2.45. The summed E-state index contributed by atoms with van der Waals surface area (Å²) in [5.41, 5.74) is 3.53. The number of hydrogen-bond donors (Lipinski definition) is 1. The molecule has 5 heteroatoms. The van der Waals surface area contributed by atoms with Crippen molar-refractivity contribution in [3.05, 3.63) is 53.9 Å². The van der Waals surface area contributed by atoms with Crippen molar-refractivity contribution in [3.8, 4) is 0 Å². The summed E-state index contributed by atoms with van der Waals surface area (Å²) >= 11 is 0. The molecule has 0 unspecified atom stereocenters. The van der Waals surface area contributed by atoms with Gasteiger partial charge in [-0.1, -0.05) is 6.07 Å². The van der Waals surface area contributed by atoms with Gasteiger partial charge in [-0.05, 0) is 36.8 Å². The minimum absolute atomic E-state index is 0.143. The number of nitrogens with zero attached hydrogens (tertiary/aromatic N) is 2. The summed E-state index contributed by atoms with van der Waals surface area (Å²) in [4.78, 5) is 18.5. The van der Waals surface area contributed by atoms with Gasteiger partial charge in [0.15, 0.2) is 0 Å². The quantitative estimate of drug-likeness (QED) is 0.945. The number of carbonyl (C=O) groups excluding carboxylic acids is 1. The van der Waals surface area contributed by atoms with E-state index in [1.807, 2.05) is 19.1 Å². The van der Waals surface area contributed by atoms with Gasteiger partial charge in [0.25, 0.3) is 5.91 Å². The zero-order valence-corrected chi connectivity index (χ0v) is 12.6. The highest BCUT2D eigenvalue weighted by Gasteiger charge is 2.13. The van der Waals surface area contributed by atoms with Crippen LogP contribution in [-0.4, -0.2) is 37.2 Å². The van der Waals surface area contributed by atoms with Crippen LogP contribution in [0.1, 0.15) is 15.9 Å². The van der Waals surface area contributed by atoms with E-state index in [0.717, 1.165) is 43.2 Å². The van der Waals surface area contributed by atoms with E-state index >= 15 is 0 Å². The summed E-state index contributed by atoms with van der Waals surface area (Å²) in [6, 6.07) is 9.65. The highest BCUT2D eigenvalue weighted by atomic mass is 16.5. The molecular formula is C17H19N3O2. The highest BCUT2D eigenvalue weighted by Crippen LogP contribution is 2.24. The molecule has 0 bridgehead atoms. The zero-order valence-electron chi connectivity index (χ0n) is 12.6. The summed E-state index contributed by atoms with van der Waals surface area (Å²) in [6.07, 6.45) is 3.22. The lowest BCUT2D eigenvalue weighted by Crippen LogP contribution is -2.36. The second kappa shape index (κ2) is 6.58. The van der Waals surface area contributed by atoms with Crippen LogP contribution in [0.4, 0.5) is 11.4 Å². The first kappa shape index (κ1) is 14.5. The number of morpholine rings is 1. The lowest BCUT2D eigenvalue weighted by molar-refractivity contribution is 0.102. The Morgan fingerprint density at radius 2 is 2.09 bits per heavy atom. The Labute approximate surface area is 129 Å². The number of anilines is 2. The van der Waals surface area contributed by atoms with Gasteiger partial charge in [0, 0.05) is 36.9 Å². The first-order chi connectivity index (χ1) is 10.7. The molecule has 1 aliphatic heterocycles. The molecule has 0 spiro atoms. The van der Waals surface area contributed by atoms with E-state index in [4.69, 9.17) is 4.74 Å². The highest BCUT2D eigenvalue weighted by molar-refractivity contribution is 6.04. The van der Waals surface area contributed by atoms with Gasteiger partial charge in [0.05, 0.1) is 18.8 Å². The summed E-state index contributed by atoms with van der Waals surface area (Å²) in [5.74, 6) is -0.143. The van der Waals surface area contributed by atoms with Gasteiger partial charge >= 0.3 is 0 Å². The Balaban J connectivity index is 1.79. The molecule has 1 aromatic heterocycles. The summed E-state index contributed by atoms with van der Waals surface area (Å²) in [7, 11) is 0. The first-order valence-corrected chi connectivity index (χ1v) is 7.39. The van der Waals surface area contributed by atoms with Crippen LogP contribution >= 0.6 is 0 Å². The number of benzene rings is 1. The smallest absolute Gasteiger partial charge is 0.257 e. The summed E-state index contributed by atoms with van der Waals surface area (Å²) < 4.78 is 5.38.